The van der Waals surface area contributed by atoms with E-state index in [1.165, 1.54) is 22.0 Å². The van der Waals surface area contributed by atoms with Crippen molar-refractivity contribution in [2.45, 2.75) is 0 Å². The molecule has 0 bridgehead atoms. The maximum Gasteiger partial charge on any atom is 0.114 e. The van der Waals surface area contributed by atoms with Gasteiger partial charge in [0.2, 0.25) is 0 Å². The summed E-state index contributed by atoms with van der Waals surface area (Å²) in [6.45, 7) is 0. The molecule has 0 radical (unpaired) electrons. The largest absolute Gasteiger partial charge is 0.384 e. The lowest BCUT2D eigenvalue weighted by Gasteiger charge is -1.86. The lowest BCUT2D eigenvalue weighted by atomic mass is 10.9. The van der Waals surface area contributed by atoms with Crippen LogP contribution in [0.2, 0.25) is 0 Å². The van der Waals surface area contributed by atoms with E-state index in [1.54, 1.807) is 21.6 Å². The van der Waals surface area contributed by atoms with E-state index in [1.807, 2.05) is 10.8 Å². The van der Waals surface area contributed by atoms with Crippen molar-refractivity contribution in [3.63, 3.8) is 0 Å². The summed E-state index contributed by atoms with van der Waals surface area (Å²) in [7, 11) is 6.26. The van der Waals surface area contributed by atoms with Gasteiger partial charge in [-0.1, -0.05) is 0 Å². The van der Waals surface area contributed by atoms with Gasteiger partial charge in [0, 0.05) is 32.8 Å². The zero-order valence-electron chi connectivity index (χ0n) is 5.94. The fourth-order valence-corrected chi connectivity index (χ4v) is 3.10. The molecule has 0 unspecified atom stereocenters. The predicted molar refractivity (Wildman–Crippen MR) is 61.2 cm³/mol. The highest BCUT2D eigenvalue weighted by molar-refractivity contribution is 8.77. The van der Waals surface area contributed by atoms with Gasteiger partial charge in [0.15, 0.2) is 0 Å². The molecule has 0 spiro atoms. The van der Waals surface area contributed by atoms with Gasteiger partial charge in [0.1, 0.15) is 11.6 Å². The Balaban J connectivity index is 0.000000120. The van der Waals surface area contributed by atoms with Crippen molar-refractivity contribution in [1.29, 1.82) is 0 Å². The molecule has 0 aromatic heterocycles. The van der Waals surface area contributed by atoms with Crippen molar-refractivity contribution in [1.82, 2.24) is 9.44 Å². The summed E-state index contributed by atoms with van der Waals surface area (Å²) in [5.41, 5.74) is 10.5. The Kier molecular flexibility index (Phi) is 4.81. The highest BCUT2D eigenvalue weighted by atomic mass is 33.1. The number of nitrogens with two attached hydrogens (primary N) is 2. The molecule has 0 saturated carbocycles. The second-order valence-corrected chi connectivity index (χ2v) is 5.46. The average molecular weight is 240 g/mol. The predicted octanol–water partition coefficient (Wildman–Crippen LogP) is 1.29. The molecular formula is C4H8N4S4. The molecule has 2 aliphatic rings. The molecule has 0 amide bonds. The maximum absolute atomic E-state index is 5.24. The Labute approximate surface area is 86.8 Å². The van der Waals surface area contributed by atoms with Gasteiger partial charge in [-0.3, -0.25) is 0 Å². The van der Waals surface area contributed by atoms with Gasteiger partial charge in [-0.2, -0.15) is 0 Å². The highest BCUT2D eigenvalue weighted by Gasteiger charge is 1.95. The Morgan fingerprint density at radius 3 is 1.42 bits per heavy atom. The normalized spacial score (nSPS) is 19.7. The summed E-state index contributed by atoms with van der Waals surface area (Å²) in [6.07, 6.45) is 0. The van der Waals surface area contributed by atoms with Crippen LogP contribution in [-0.4, -0.2) is 0 Å². The van der Waals surface area contributed by atoms with Crippen LogP contribution in [0.25, 0.3) is 0 Å². The standard InChI is InChI=1S/2C2H4N2S2/c2*3-2-1-5-6-4-2/h2*1,4H,3H2. The first-order chi connectivity index (χ1) is 5.79. The Morgan fingerprint density at radius 1 is 0.917 bits per heavy atom. The van der Waals surface area contributed by atoms with Crippen molar-refractivity contribution in [3.8, 4) is 0 Å². The van der Waals surface area contributed by atoms with E-state index in [0.717, 1.165) is 11.6 Å². The van der Waals surface area contributed by atoms with Gasteiger partial charge in [0.05, 0.1) is 0 Å². The quantitative estimate of drug-likeness (QED) is 0.373. The Bertz CT molecular complexity index is 181. The fraction of sp³-hybridized carbons (Fsp3) is 0. The second-order valence-electron chi connectivity index (χ2n) is 1.71. The smallest absolute Gasteiger partial charge is 0.114 e. The lowest BCUT2D eigenvalue weighted by molar-refractivity contribution is 1.18. The molecule has 0 aromatic rings. The Hall–Kier alpha value is 0.0800. The molecule has 2 rings (SSSR count). The van der Waals surface area contributed by atoms with Crippen molar-refractivity contribution < 1.29 is 0 Å². The van der Waals surface area contributed by atoms with Crippen LogP contribution >= 0.6 is 43.5 Å². The number of nitrogens with one attached hydrogen (secondary N) is 2. The number of hydrogen-bond acceptors (Lipinski definition) is 8. The van der Waals surface area contributed by atoms with Gasteiger partial charge < -0.3 is 20.9 Å². The van der Waals surface area contributed by atoms with E-state index in [4.69, 9.17) is 11.5 Å². The molecule has 0 aliphatic carbocycles. The maximum atomic E-state index is 5.24. The molecule has 0 fully saturated rings. The first-order valence-corrected chi connectivity index (χ1v) is 7.29. The summed E-state index contributed by atoms with van der Waals surface area (Å²) < 4.78 is 5.68. The van der Waals surface area contributed by atoms with Gasteiger partial charge >= 0.3 is 0 Å². The third kappa shape index (κ3) is 4.19. The van der Waals surface area contributed by atoms with Crippen molar-refractivity contribution in [3.05, 3.63) is 22.5 Å². The van der Waals surface area contributed by atoms with Crippen LogP contribution in [0.5, 0.6) is 0 Å². The zero-order valence-corrected chi connectivity index (χ0v) is 9.21. The third-order valence-corrected chi connectivity index (χ3v) is 3.95. The Morgan fingerprint density at radius 2 is 1.33 bits per heavy atom. The first-order valence-electron chi connectivity index (χ1n) is 2.87. The third-order valence-electron chi connectivity index (χ3n) is 0.765. The SMILES string of the molecule is NC1=CSSN1.NC1=CSSN1. The summed E-state index contributed by atoms with van der Waals surface area (Å²) in [6, 6.07) is 0. The molecular weight excluding hydrogens is 232 g/mol. The molecule has 0 atom stereocenters. The van der Waals surface area contributed by atoms with Crippen molar-refractivity contribution in [2.24, 2.45) is 11.5 Å². The van der Waals surface area contributed by atoms with Crippen LogP contribution < -0.4 is 20.9 Å². The molecule has 12 heavy (non-hydrogen) atoms. The van der Waals surface area contributed by atoms with Crippen LogP contribution in [0.15, 0.2) is 22.5 Å². The summed E-state index contributed by atoms with van der Waals surface area (Å²) >= 11 is 0. The van der Waals surface area contributed by atoms with E-state index in [0.29, 0.717) is 0 Å². The van der Waals surface area contributed by atoms with Crippen molar-refractivity contribution >= 4 is 43.5 Å². The molecule has 2 heterocycles. The van der Waals surface area contributed by atoms with E-state index >= 15 is 0 Å². The summed E-state index contributed by atoms with van der Waals surface area (Å²) in [4.78, 5) is 0. The molecule has 68 valence electrons. The van der Waals surface area contributed by atoms with Gasteiger partial charge in [-0.25, -0.2) is 0 Å². The highest BCUT2D eigenvalue weighted by Crippen LogP contribution is 2.25. The van der Waals surface area contributed by atoms with Crippen molar-refractivity contribution in [2.75, 3.05) is 0 Å². The van der Waals surface area contributed by atoms with Gasteiger partial charge in [-0.05, 0) is 21.6 Å². The van der Waals surface area contributed by atoms with E-state index in [-0.39, 0.29) is 0 Å². The molecule has 6 N–H and O–H groups in total. The average Bonchev–Trinajstić information content (AvgIpc) is 2.63. The molecule has 0 saturated heterocycles. The van der Waals surface area contributed by atoms with E-state index in [9.17, 15) is 0 Å². The van der Waals surface area contributed by atoms with Gasteiger partial charge in [-0.15, -0.1) is 0 Å². The lowest BCUT2D eigenvalue weighted by Crippen LogP contribution is -2.06. The van der Waals surface area contributed by atoms with Gasteiger partial charge in [0.25, 0.3) is 0 Å². The monoisotopic (exact) mass is 240 g/mol. The van der Waals surface area contributed by atoms with Crippen LogP contribution in [0, 0.1) is 0 Å². The molecule has 2 aliphatic heterocycles. The van der Waals surface area contributed by atoms with Crippen LogP contribution in [0.1, 0.15) is 0 Å². The summed E-state index contributed by atoms with van der Waals surface area (Å²) in [5, 5.41) is 3.73. The minimum Gasteiger partial charge on any atom is -0.384 e. The molecule has 4 nitrogen and oxygen atoms in total. The van der Waals surface area contributed by atoms with Crippen LogP contribution in [-0.2, 0) is 0 Å². The van der Waals surface area contributed by atoms with E-state index < -0.39 is 0 Å². The topological polar surface area (TPSA) is 76.1 Å². The molecule has 8 heteroatoms. The minimum absolute atomic E-state index is 0.755. The molecule has 0 aromatic carbocycles. The van der Waals surface area contributed by atoms with Crippen LogP contribution in [0.4, 0.5) is 0 Å². The first kappa shape index (κ1) is 10.2. The van der Waals surface area contributed by atoms with E-state index in [2.05, 4.69) is 9.44 Å². The van der Waals surface area contributed by atoms with Crippen LogP contribution in [0.3, 0.4) is 0 Å². The fourth-order valence-electron chi connectivity index (χ4n) is 0.344. The number of hydrogen-bond donors (Lipinski definition) is 4. The summed E-state index contributed by atoms with van der Waals surface area (Å²) in [5.74, 6) is 1.51. The number of rotatable bonds is 0. The second kappa shape index (κ2) is 5.68. The zero-order chi connectivity index (χ0) is 8.81. The minimum atomic E-state index is 0.755.